The van der Waals surface area contributed by atoms with Crippen LogP contribution in [0.25, 0.3) is 0 Å². The number of rotatable bonds is 1. The molecule has 4 heteroatoms. The molecule has 1 aliphatic rings. The maximum atomic E-state index is 11.6. The first-order valence-electron chi connectivity index (χ1n) is 4.72. The molecule has 80 valence electrons. The van der Waals surface area contributed by atoms with Crippen molar-refractivity contribution in [2.75, 3.05) is 13.7 Å². The topological polar surface area (TPSA) is 61.5 Å². The van der Waals surface area contributed by atoms with Crippen molar-refractivity contribution in [2.24, 2.45) is 5.73 Å². The summed E-state index contributed by atoms with van der Waals surface area (Å²) >= 11 is 0. The molecule has 1 aliphatic heterocycles. The van der Waals surface area contributed by atoms with Gasteiger partial charge in [0.2, 0.25) is 0 Å². The highest BCUT2D eigenvalue weighted by Crippen LogP contribution is 2.29. The molecule has 1 unspecified atom stereocenters. The molecule has 0 aliphatic carbocycles. The zero-order valence-corrected chi connectivity index (χ0v) is 8.53. The van der Waals surface area contributed by atoms with Crippen LogP contribution >= 0.6 is 0 Å². The number of ether oxygens (including phenoxy) is 2. The average Bonchev–Trinajstić information content (AvgIpc) is 2.28. The number of hydrogen-bond acceptors (Lipinski definition) is 4. The molecule has 15 heavy (non-hydrogen) atoms. The second-order valence-corrected chi connectivity index (χ2v) is 3.61. The second-order valence-electron chi connectivity index (χ2n) is 3.61. The molecule has 1 atom stereocenters. The Balaban J connectivity index is 2.49. The van der Waals surface area contributed by atoms with Crippen LogP contribution in [-0.2, 0) is 26.4 Å². The lowest BCUT2D eigenvalue weighted by Gasteiger charge is -2.32. The molecule has 1 heterocycles. The van der Waals surface area contributed by atoms with Gasteiger partial charge in [-0.2, -0.15) is 0 Å². The van der Waals surface area contributed by atoms with Gasteiger partial charge in [-0.3, -0.25) is 0 Å². The molecular weight excluding hydrogens is 194 g/mol. The van der Waals surface area contributed by atoms with Crippen molar-refractivity contribution in [1.82, 2.24) is 0 Å². The van der Waals surface area contributed by atoms with Gasteiger partial charge in [0.25, 0.3) is 0 Å². The van der Waals surface area contributed by atoms with Crippen LogP contribution in [0.15, 0.2) is 24.3 Å². The number of methoxy groups -OCH3 is 1. The van der Waals surface area contributed by atoms with Crippen molar-refractivity contribution in [2.45, 2.75) is 12.1 Å². The fourth-order valence-corrected chi connectivity index (χ4v) is 1.83. The molecule has 0 amide bonds. The Labute approximate surface area is 88.0 Å². The fraction of sp³-hybridized carbons (Fsp3) is 0.364. The van der Waals surface area contributed by atoms with Crippen LogP contribution in [0, 0.1) is 0 Å². The standard InChI is InChI=1S/C11H13NO3/c1-14-10(13)11(12)7-15-6-8-4-2-3-5-9(8)11/h2-5H,6-7,12H2,1H3. The van der Waals surface area contributed by atoms with Crippen LogP contribution < -0.4 is 5.73 Å². The van der Waals surface area contributed by atoms with E-state index in [9.17, 15) is 4.79 Å². The van der Waals surface area contributed by atoms with Crippen molar-refractivity contribution >= 4 is 5.97 Å². The lowest BCUT2D eigenvalue weighted by Crippen LogP contribution is -2.52. The number of esters is 1. The van der Waals surface area contributed by atoms with E-state index in [0.717, 1.165) is 11.1 Å². The largest absolute Gasteiger partial charge is 0.467 e. The molecule has 1 aromatic rings. The Morgan fingerprint density at radius 3 is 3.00 bits per heavy atom. The van der Waals surface area contributed by atoms with Crippen LogP contribution in [0.1, 0.15) is 11.1 Å². The third-order valence-corrected chi connectivity index (χ3v) is 2.63. The minimum Gasteiger partial charge on any atom is -0.467 e. The normalized spacial score (nSPS) is 24.4. The van der Waals surface area contributed by atoms with Gasteiger partial charge >= 0.3 is 5.97 Å². The molecule has 2 rings (SSSR count). The first kappa shape index (κ1) is 10.1. The summed E-state index contributed by atoms with van der Waals surface area (Å²) in [6, 6.07) is 7.49. The predicted molar refractivity (Wildman–Crippen MR) is 54.0 cm³/mol. The van der Waals surface area contributed by atoms with E-state index < -0.39 is 11.5 Å². The molecule has 0 fully saturated rings. The van der Waals surface area contributed by atoms with Crippen molar-refractivity contribution in [1.29, 1.82) is 0 Å². The van der Waals surface area contributed by atoms with Crippen LogP contribution in [0.4, 0.5) is 0 Å². The van der Waals surface area contributed by atoms with Crippen molar-refractivity contribution in [3.8, 4) is 0 Å². The Kier molecular flexibility index (Phi) is 2.46. The minimum absolute atomic E-state index is 0.163. The summed E-state index contributed by atoms with van der Waals surface area (Å²) in [6.45, 7) is 0.656. The highest BCUT2D eigenvalue weighted by molar-refractivity contribution is 5.83. The SMILES string of the molecule is COC(=O)C1(N)COCc2ccccc21. The Morgan fingerprint density at radius 2 is 2.27 bits per heavy atom. The van der Waals surface area contributed by atoms with Crippen LogP contribution in [0.5, 0.6) is 0 Å². The summed E-state index contributed by atoms with van der Waals surface area (Å²) in [5.41, 5.74) is 6.60. The van der Waals surface area contributed by atoms with E-state index in [1.807, 2.05) is 24.3 Å². The second kappa shape index (κ2) is 3.64. The number of carbonyl (C=O) groups excluding carboxylic acids is 1. The quantitative estimate of drug-likeness (QED) is 0.683. The molecule has 1 aromatic carbocycles. The highest BCUT2D eigenvalue weighted by Gasteiger charge is 2.41. The van der Waals surface area contributed by atoms with Crippen LogP contribution in [0.2, 0.25) is 0 Å². The fourth-order valence-electron chi connectivity index (χ4n) is 1.83. The zero-order chi connectivity index (χ0) is 10.9. The number of fused-ring (bicyclic) bond motifs is 1. The Bertz CT molecular complexity index is 391. The lowest BCUT2D eigenvalue weighted by molar-refractivity contribution is -0.151. The molecular formula is C11H13NO3. The third-order valence-electron chi connectivity index (χ3n) is 2.63. The predicted octanol–water partition coefficient (Wildman–Crippen LogP) is 0.544. The van der Waals surface area contributed by atoms with Gasteiger partial charge in [0.05, 0.1) is 20.3 Å². The van der Waals surface area contributed by atoms with Gasteiger partial charge < -0.3 is 15.2 Å². The van der Waals surface area contributed by atoms with Crippen LogP contribution in [0.3, 0.4) is 0 Å². The number of benzene rings is 1. The molecule has 0 bridgehead atoms. The molecule has 0 saturated heterocycles. The van der Waals surface area contributed by atoms with E-state index in [4.69, 9.17) is 15.2 Å². The van der Waals surface area contributed by atoms with Crippen molar-refractivity contribution < 1.29 is 14.3 Å². The van der Waals surface area contributed by atoms with Gasteiger partial charge in [-0.1, -0.05) is 24.3 Å². The van der Waals surface area contributed by atoms with Gasteiger partial charge in [-0.05, 0) is 11.1 Å². The molecule has 0 spiro atoms. The Morgan fingerprint density at radius 1 is 1.53 bits per heavy atom. The summed E-state index contributed by atoms with van der Waals surface area (Å²) in [5.74, 6) is -0.463. The maximum Gasteiger partial charge on any atom is 0.332 e. The smallest absolute Gasteiger partial charge is 0.332 e. The van der Waals surface area contributed by atoms with Crippen molar-refractivity contribution in [3.05, 3.63) is 35.4 Å². The average molecular weight is 207 g/mol. The van der Waals surface area contributed by atoms with Gasteiger partial charge in [-0.15, -0.1) is 0 Å². The van der Waals surface area contributed by atoms with Crippen molar-refractivity contribution in [3.63, 3.8) is 0 Å². The zero-order valence-electron chi connectivity index (χ0n) is 8.53. The van der Waals surface area contributed by atoms with Crippen LogP contribution in [-0.4, -0.2) is 19.7 Å². The van der Waals surface area contributed by atoms with E-state index in [1.54, 1.807) is 0 Å². The monoisotopic (exact) mass is 207 g/mol. The van der Waals surface area contributed by atoms with E-state index in [1.165, 1.54) is 7.11 Å². The van der Waals surface area contributed by atoms with Gasteiger partial charge in [0.1, 0.15) is 0 Å². The highest BCUT2D eigenvalue weighted by atomic mass is 16.5. The number of nitrogens with two attached hydrogens (primary N) is 1. The molecule has 0 saturated carbocycles. The number of carbonyl (C=O) groups is 1. The maximum absolute atomic E-state index is 11.6. The van der Waals surface area contributed by atoms with E-state index in [-0.39, 0.29) is 6.61 Å². The molecule has 0 radical (unpaired) electrons. The van der Waals surface area contributed by atoms with Gasteiger partial charge in [0.15, 0.2) is 5.54 Å². The summed E-state index contributed by atoms with van der Waals surface area (Å²) in [7, 11) is 1.33. The van der Waals surface area contributed by atoms with Gasteiger partial charge in [0, 0.05) is 0 Å². The van der Waals surface area contributed by atoms with E-state index in [0.29, 0.717) is 6.61 Å². The summed E-state index contributed by atoms with van der Waals surface area (Å²) in [6.07, 6.45) is 0. The van der Waals surface area contributed by atoms with Gasteiger partial charge in [-0.25, -0.2) is 4.79 Å². The molecule has 4 nitrogen and oxygen atoms in total. The number of hydrogen-bond donors (Lipinski definition) is 1. The van der Waals surface area contributed by atoms with E-state index >= 15 is 0 Å². The lowest BCUT2D eigenvalue weighted by atomic mass is 9.86. The molecule has 2 N–H and O–H groups in total. The summed E-state index contributed by atoms with van der Waals surface area (Å²) < 4.78 is 10.0. The summed E-state index contributed by atoms with van der Waals surface area (Å²) in [4.78, 5) is 11.6. The first-order chi connectivity index (χ1) is 7.18. The minimum atomic E-state index is -1.16. The third kappa shape index (κ3) is 1.52. The van der Waals surface area contributed by atoms with E-state index in [2.05, 4.69) is 0 Å². The summed E-state index contributed by atoms with van der Waals surface area (Å²) in [5, 5.41) is 0. The molecule has 0 aromatic heterocycles. The first-order valence-corrected chi connectivity index (χ1v) is 4.72. The Hall–Kier alpha value is -1.39.